The number of hydrogen-bond donors (Lipinski definition) is 0. The fourth-order valence-electron chi connectivity index (χ4n) is 4.57. The van der Waals surface area contributed by atoms with E-state index < -0.39 is 0 Å². The van der Waals surface area contributed by atoms with E-state index in [0.717, 1.165) is 73.7 Å². The normalized spacial score (nSPS) is 10.8. The van der Waals surface area contributed by atoms with E-state index >= 15 is 0 Å². The van der Waals surface area contributed by atoms with Crippen LogP contribution in [-0.2, 0) is 13.0 Å². The molecule has 0 aliphatic rings. The van der Waals surface area contributed by atoms with Gasteiger partial charge in [0.2, 0.25) is 0 Å². The van der Waals surface area contributed by atoms with Gasteiger partial charge in [-0.2, -0.15) is 0 Å². The average molecular weight is 466 g/mol. The zero-order valence-corrected chi connectivity index (χ0v) is 21.5. The minimum atomic E-state index is 0.498. The maximum Gasteiger partial charge on any atom is 0.131 e. The molecule has 0 amide bonds. The third-order valence-electron chi connectivity index (χ3n) is 6.49. The second kappa shape index (κ2) is 10.7. The molecule has 0 unspecified atom stereocenters. The fourth-order valence-corrected chi connectivity index (χ4v) is 4.57. The standard InChI is InChI=1S/C32H33O3/c1-7-25-19-28(26-13-15-29(33-5)21(2)17-26)31(27-14-16-30(34-6)22(3)18-27)32(23(25)4)35-20-24-11-9-8-10-12-24/h8-18H,7,20H2,1-6H3. The SMILES string of the molecule is CCc1[c]c(-c2ccc(OC)c(C)c2)c(-c2ccc(OC)c(C)c2)c(OCc2ccccc2)c1C. The first-order valence-electron chi connectivity index (χ1n) is 12.0. The smallest absolute Gasteiger partial charge is 0.131 e. The third kappa shape index (κ3) is 5.05. The van der Waals surface area contributed by atoms with E-state index in [2.05, 4.69) is 70.2 Å². The Morgan fingerprint density at radius 1 is 0.743 bits per heavy atom. The van der Waals surface area contributed by atoms with Crippen molar-refractivity contribution >= 4 is 0 Å². The number of ether oxygens (including phenoxy) is 3. The predicted octanol–water partition coefficient (Wildman–Crippen LogP) is 7.90. The van der Waals surface area contributed by atoms with Crippen molar-refractivity contribution in [1.29, 1.82) is 0 Å². The summed E-state index contributed by atoms with van der Waals surface area (Å²) in [7, 11) is 3.41. The largest absolute Gasteiger partial charge is 0.496 e. The number of methoxy groups -OCH3 is 2. The Morgan fingerprint density at radius 3 is 1.91 bits per heavy atom. The summed E-state index contributed by atoms with van der Waals surface area (Å²) in [5, 5.41) is 0. The summed E-state index contributed by atoms with van der Waals surface area (Å²) < 4.78 is 17.7. The Balaban J connectivity index is 1.96. The van der Waals surface area contributed by atoms with Crippen LogP contribution in [0.1, 0.15) is 34.7 Å². The van der Waals surface area contributed by atoms with Gasteiger partial charge in [-0.1, -0.05) is 49.4 Å². The number of rotatable bonds is 8. The van der Waals surface area contributed by atoms with Crippen LogP contribution in [0.2, 0.25) is 0 Å². The summed E-state index contributed by atoms with van der Waals surface area (Å²) in [6, 6.07) is 26.6. The molecule has 0 aliphatic heterocycles. The molecule has 35 heavy (non-hydrogen) atoms. The van der Waals surface area contributed by atoms with Gasteiger partial charge in [-0.05, 0) is 96.5 Å². The van der Waals surface area contributed by atoms with Crippen molar-refractivity contribution < 1.29 is 14.2 Å². The molecular formula is C32H33O3. The van der Waals surface area contributed by atoms with Gasteiger partial charge in [-0.15, -0.1) is 0 Å². The number of aryl methyl sites for hydroxylation is 3. The van der Waals surface area contributed by atoms with Crippen LogP contribution in [0.4, 0.5) is 0 Å². The van der Waals surface area contributed by atoms with Crippen molar-refractivity contribution in [2.75, 3.05) is 14.2 Å². The second-order valence-electron chi connectivity index (χ2n) is 8.80. The summed E-state index contributed by atoms with van der Waals surface area (Å²) in [4.78, 5) is 0. The second-order valence-corrected chi connectivity index (χ2v) is 8.80. The summed E-state index contributed by atoms with van der Waals surface area (Å²) in [6.45, 7) is 8.94. The molecule has 0 fully saturated rings. The number of hydrogen-bond acceptors (Lipinski definition) is 3. The maximum absolute atomic E-state index is 6.61. The molecule has 0 aliphatic carbocycles. The van der Waals surface area contributed by atoms with Crippen molar-refractivity contribution in [3.05, 3.63) is 101 Å². The Labute approximate surface area is 209 Å². The highest BCUT2D eigenvalue weighted by atomic mass is 16.5. The van der Waals surface area contributed by atoms with Crippen LogP contribution in [0.15, 0.2) is 66.7 Å². The number of benzene rings is 4. The topological polar surface area (TPSA) is 27.7 Å². The molecule has 0 atom stereocenters. The summed E-state index contributed by atoms with van der Waals surface area (Å²) in [5.74, 6) is 2.64. The first-order valence-corrected chi connectivity index (χ1v) is 12.0. The highest BCUT2D eigenvalue weighted by Crippen LogP contribution is 2.44. The van der Waals surface area contributed by atoms with Gasteiger partial charge in [-0.3, -0.25) is 0 Å². The van der Waals surface area contributed by atoms with Crippen LogP contribution >= 0.6 is 0 Å². The molecule has 3 nitrogen and oxygen atoms in total. The van der Waals surface area contributed by atoms with Crippen molar-refractivity contribution in [2.45, 2.75) is 40.7 Å². The van der Waals surface area contributed by atoms with Crippen LogP contribution in [0.5, 0.6) is 17.2 Å². The van der Waals surface area contributed by atoms with E-state index in [1.165, 1.54) is 0 Å². The molecule has 0 N–H and O–H groups in total. The van der Waals surface area contributed by atoms with E-state index in [9.17, 15) is 0 Å². The summed E-state index contributed by atoms with van der Waals surface area (Å²) in [5.41, 5.74) is 9.83. The van der Waals surface area contributed by atoms with E-state index in [4.69, 9.17) is 14.2 Å². The van der Waals surface area contributed by atoms with Gasteiger partial charge in [0.05, 0.1) is 14.2 Å². The molecule has 4 aromatic carbocycles. The van der Waals surface area contributed by atoms with Gasteiger partial charge in [-0.25, -0.2) is 0 Å². The quantitative estimate of drug-likeness (QED) is 0.265. The Morgan fingerprint density at radius 2 is 1.34 bits per heavy atom. The Hall–Kier alpha value is -3.72. The Bertz CT molecular complexity index is 1320. The first-order chi connectivity index (χ1) is 17.0. The lowest BCUT2D eigenvalue weighted by molar-refractivity contribution is 0.305. The molecule has 3 heteroatoms. The van der Waals surface area contributed by atoms with Crippen molar-refractivity contribution in [2.24, 2.45) is 0 Å². The van der Waals surface area contributed by atoms with E-state index in [-0.39, 0.29) is 0 Å². The fraction of sp³-hybridized carbons (Fsp3) is 0.250. The van der Waals surface area contributed by atoms with Crippen LogP contribution in [0.3, 0.4) is 0 Å². The molecule has 0 bridgehead atoms. The first kappa shape index (κ1) is 24.4. The van der Waals surface area contributed by atoms with E-state index in [1.807, 2.05) is 30.3 Å². The zero-order chi connectivity index (χ0) is 24.9. The van der Waals surface area contributed by atoms with Crippen molar-refractivity contribution in [1.82, 2.24) is 0 Å². The molecular weight excluding hydrogens is 432 g/mol. The molecule has 0 saturated carbocycles. The molecule has 1 radical (unpaired) electrons. The predicted molar refractivity (Wildman–Crippen MR) is 144 cm³/mol. The molecule has 0 spiro atoms. The molecule has 4 rings (SSSR count). The summed E-state index contributed by atoms with van der Waals surface area (Å²) in [6.07, 6.45) is 0.873. The highest BCUT2D eigenvalue weighted by molar-refractivity contribution is 5.90. The zero-order valence-electron chi connectivity index (χ0n) is 21.5. The van der Waals surface area contributed by atoms with Crippen LogP contribution < -0.4 is 14.2 Å². The van der Waals surface area contributed by atoms with E-state index in [0.29, 0.717) is 6.61 Å². The van der Waals surface area contributed by atoms with Gasteiger partial charge in [0.15, 0.2) is 0 Å². The Kier molecular flexibility index (Phi) is 7.45. The average Bonchev–Trinajstić information content (AvgIpc) is 2.88. The van der Waals surface area contributed by atoms with Crippen molar-refractivity contribution in [3.63, 3.8) is 0 Å². The molecule has 179 valence electrons. The van der Waals surface area contributed by atoms with Gasteiger partial charge < -0.3 is 14.2 Å². The van der Waals surface area contributed by atoms with Crippen LogP contribution in [0.25, 0.3) is 22.3 Å². The van der Waals surface area contributed by atoms with Gasteiger partial charge >= 0.3 is 0 Å². The van der Waals surface area contributed by atoms with Gasteiger partial charge in [0, 0.05) is 11.1 Å². The van der Waals surface area contributed by atoms with Crippen LogP contribution in [0, 0.1) is 26.8 Å². The third-order valence-corrected chi connectivity index (χ3v) is 6.49. The van der Waals surface area contributed by atoms with Gasteiger partial charge in [0.25, 0.3) is 0 Å². The molecule has 4 aromatic rings. The van der Waals surface area contributed by atoms with Gasteiger partial charge in [0.1, 0.15) is 23.9 Å². The minimum Gasteiger partial charge on any atom is -0.496 e. The lowest BCUT2D eigenvalue weighted by Crippen LogP contribution is -2.04. The van der Waals surface area contributed by atoms with Crippen LogP contribution in [-0.4, -0.2) is 14.2 Å². The van der Waals surface area contributed by atoms with Crippen molar-refractivity contribution in [3.8, 4) is 39.5 Å². The lowest BCUT2D eigenvalue weighted by Gasteiger charge is -2.22. The minimum absolute atomic E-state index is 0.498. The van der Waals surface area contributed by atoms with E-state index in [1.54, 1.807) is 14.2 Å². The maximum atomic E-state index is 6.61. The highest BCUT2D eigenvalue weighted by Gasteiger charge is 2.21. The molecule has 0 heterocycles. The summed E-state index contributed by atoms with van der Waals surface area (Å²) >= 11 is 0. The molecule has 0 saturated heterocycles. The lowest BCUT2D eigenvalue weighted by atomic mass is 9.87. The monoisotopic (exact) mass is 465 g/mol. The molecule has 0 aromatic heterocycles.